The second-order valence-electron chi connectivity index (χ2n) is 6.88. The van der Waals surface area contributed by atoms with Crippen LogP contribution in [-0.2, 0) is 16.0 Å². The van der Waals surface area contributed by atoms with Gasteiger partial charge < -0.3 is 15.2 Å². The summed E-state index contributed by atoms with van der Waals surface area (Å²) in [5.41, 5.74) is 1.74. The Kier molecular flexibility index (Phi) is 4.81. The van der Waals surface area contributed by atoms with Gasteiger partial charge in [0.25, 0.3) is 0 Å². The van der Waals surface area contributed by atoms with Gasteiger partial charge in [-0.3, -0.25) is 9.59 Å². The van der Waals surface area contributed by atoms with Gasteiger partial charge in [0.15, 0.2) is 0 Å². The van der Waals surface area contributed by atoms with Crippen LogP contribution in [0.2, 0.25) is 0 Å². The molecule has 1 fully saturated rings. The van der Waals surface area contributed by atoms with Crippen LogP contribution in [0.1, 0.15) is 12.0 Å². The molecule has 144 valence electrons. The van der Waals surface area contributed by atoms with E-state index in [0.717, 1.165) is 33.5 Å². The minimum absolute atomic E-state index is 0.0321. The summed E-state index contributed by atoms with van der Waals surface area (Å²) in [6.07, 6.45) is 2.49. The van der Waals surface area contributed by atoms with Crippen molar-refractivity contribution < 1.29 is 18.4 Å². The molecule has 2 aromatic carbocycles. The first-order valence-corrected chi connectivity index (χ1v) is 9.11. The number of aromatic amines is 1. The van der Waals surface area contributed by atoms with Gasteiger partial charge in [0.05, 0.1) is 5.92 Å². The molecule has 1 unspecified atom stereocenters. The fourth-order valence-corrected chi connectivity index (χ4v) is 3.65. The highest BCUT2D eigenvalue weighted by Gasteiger charge is 2.37. The molecule has 1 aliphatic rings. The molecule has 1 saturated heterocycles. The van der Waals surface area contributed by atoms with E-state index >= 15 is 0 Å². The predicted octanol–water partition coefficient (Wildman–Crippen LogP) is 3.16. The summed E-state index contributed by atoms with van der Waals surface area (Å²) in [5, 5.41) is 3.94. The molecule has 28 heavy (non-hydrogen) atoms. The topological polar surface area (TPSA) is 65.2 Å². The largest absolute Gasteiger partial charge is 0.361 e. The van der Waals surface area contributed by atoms with Gasteiger partial charge in [-0.25, -0.2) is 8.78 Å². The van der Waals surface area contributed by atoms with Crippen molar-refractivity contribution in [1.29, 1.82) is 0 Å². The van der Waals surface area contributed by atoms with Crippen LogP contribution in [0.5, 0.6) is 0 Å². The maximum atomic E-state index is 14.0. The molecule has 2 N–H and O–H groups in total. The lowest BCUT2D eigenvalue weighted by molar-refractivity contribution is -0.126. The number of fused-ring (bicyclic) bond motifs is 1. The first-order chi connectivity index (χ1) is 13.5. The van der Waals surface area contributed by atoms with Crippen LogP contribution < -0.4 is 10.2 Å². The molecule has 7 heteroatoms. The van der Waals surface area contributed by atoms with E-state index in [-0.39, 0.29) is 24.6 Å². The third-order valence-electron chi connectivity index (χ3n) is 5.07. The number of aromatic nitrogens is 1. The summed E-state index contributed by atoms with van der Waals surface area (Å²) < 4.78 is 27.9. The van der Waals surface area contributed by atoms with E-state index in [1.165, 1.54) is 6.07 Å². The van der Waals surface area contributed by atoms with E-state index in [0.29, 0.717) is 13.0 Å². The molecule has 5 nitrogen and oxygen atoms in total. The van der Waals surface area contributed by atoms with Crippen molar-refractivity contribution in [2.75, 3.05) is 18.0 Å². The Morgan fingerprint density at radius 1 is 1.14 bits per heavy atom. The van der Waals surface area contributed by atoms with Crippen LogP contribution in [0.4, 0.5) is 14.5 Å². The number of halogens is 2. The van der Waals surface area contributed by atoms with Crippen molar-refractivity contribution in [3.8, 4) is 0 Å². The molecule has 0 aliphatic carbocycles. The van der Waals surface area contributed by atoms with Crippen molar-refractivity contribution in [3.05, 3.63) is 65.9 Å². The van der Waals surface area contributed by atoms with E-state index in [1.54, 1.807) is 0 Å². The first kappa shape index (κ1) is 18.2. The molecule has 0 saturated carbocycles. The van der Waals surface area contributed by atoms with Gasteiger partial charge in [0.1, 0.15) is 17.3 Å². The van der Waals surface area contributed by atoms with Crippen molar-refractivity contribution in [2.24, 2.45) is 5.92 Å². The van der Waals surface area contributed by atoms with Crippen LogP contribution in [0.3, 0.4) is 0 Å². The number of para-hydroxylation sites is 2. The van der Waals surface area contributed by atoms with E-state index < -0.39 is 23.5 Å². The van der Waals surface area contributed by atoms with Crippen LogP contribution >= 0.6 is 0 Å². The lowest BCUT2D eigenvalue weighted by atomic mass is 10.1. The van der Waals surface area contributed by atoms with Gasteiger partial charge >= 0.3 is 0 Å². The van der Waals surface area contributed by atoms with Gasteiger partial charge in [-0.1, -0.05) is 24.3 Å². The Labute approximate surface area is 160 Å². The molecule has 1 aromatic heterocycles. The highest BCUT2D eigenvalue weighted by molar-refractivity contribution is 6.00. The molecule has 0 radical (unpaired) electrons. The third kappa shape index (κ3) is 3.35. The lowest BCUT2D eigenvalue weighted by Crippen LogP contribution is -2.34. The Morgan fingerprint density at radius 3 is 2.68 bits per heavy atom. The molecular weight excluding hydrogens is 364 g/mol. The number of benzene rings is 2. The Morgan fingerprint density at radius 2 is 1.89 bits per heavy atom. The highest BCUT2D eigenvalue weighted by Crippen LogP contribution is 2.30. The second-order valence-corrected chi connectivity index (χ2v) is 6.88. The average Bonchev–Trinajstić information content (AvgIpc) is 3.26. The van der Waals surface area contributed by atoms with Crippen LogP contribution in [-0.4, -0.2) is 29.9 Å². The summed E-state index contributed by atoms with van der Waals surface area (Å²) >= 11 is 0. The minimum Gasteiger partial charge on any atom is -0.361 e. The molecule has 4 rings (SSSR count). The predicted molar refractivity (Wildman–Crippen MR) is 102 cm³/mol. The monoisotopic (exact) mass is 383 g/mol. The number of nitrogens with one attached hydrogen (secondary N) is 2. The zero-order valence-electron chi connectivity index (χ0n) is 15.0. The number of rotatable bonds is 5. The smallest absolute Gasteiger partial charge is 0.228 e. The van der Waals surface area contributed by atoms with Crippen LogP contribution in [0.25, 0.3) is 10.9 Å². The van der Waals surface area contributed by atoms with E-state index in [1.807, 2.05) is 30.5 Å². The number of carbonyl (C=O) groups excluding carboxylic acids is 2. The molecule has 0 bridgehead atoms. The lowest BCUT2D eigenvalue weighted by Gasteiger charge is -2.18. The fourth-order valence-electron chi connectivity index (χ4n) is 3.65. The normalized spacial score (nSPS) is 16.7. The standard InChI is InChI=1S/C21H19F2N3O2/c22-16-5-3-6-17(23)20(16)26-12-14(10-19(26)27)21(28)24-9-8-13-11-25-18-7-2-1-4-15(13)18/h1-7,11,14,25H,8-10,12H2,(H,24,28). The number of H-pyrrole nitrogens is 1. The number of anilines is 1. The number of hydrogen-bond donors (Lipinski definition) is 2. The highest BCUT2D eigenvalue weighted by atomic mass is 19.1. The number of amides is 2. The van der Waals surface area contributed by atoms with Gasteiger partial charge in [-0.05, 0) is 30.2 Å². The van der Waals surface area contributed by atoms with Crippen molar-refractivity contribution in [2.45, 2.75) is 12.8 Å². The van der Waals surface area contributed by atoms with Crippen molar-refractivity contribution in [1.82, 2.24) is 10.3 Å². The Hall–Kier alpha value is -3.22. The fraction of sp³-hybridized carbons (Fsp3) is 0.238. The molecule has 3 aromatic rings. The molecule has 2 heterocycles. The Bertz CT molecular complexity index is 1030. The van der Waals surface area contributed by atoms with Crippen LogP contribution in [0.15, 0.2) is 48.7 Å². The summed E-state index contributed by atoms with van der Waals surface area (Å²) in [5.74, 6) is -3.00. The van der Waals surface area contributed by atoms with Gasteiger partial charge in [-0.2, -0.15) is 0 Å². The first-order valence-electron chi connectivity index (χ1n) is 9.11. The minimum atomic E-state index is -0.811. The number of carbonyl (C=O) groups is 2. The van der Waals surface area contributed by atoms with Gasteiger partial charge in [-0.15, -0.1) is 0 Å². The van der Waals surface area contributed by atoms with E-state index in [9.17, 15) is 18.4 Å². The summed E-state index contributed by atoms with van der Waals surface area (Å²) in [4.78, 5) is 28.9. The van der Waals surface area contributed by atoms with Gasteiger partial charge in [0.2, 0.25) is 11.8 Å². The van der Waals surface area contributed by atoms with E-state index in [4.69, 9.17) is 0 Å². The number of nitrogens with zero attached hydrogens (tertiary/aromatic N) is 1. The molecule has 1 aliphatic heterocycles. The molecular formula is C21H19F2N3O2. The zero-order chi connectivity index (χ0) is 19.7. The molecule has 0 spiro atoms. The van der Waals surface area contributed by atoms with Crippen molar-refractivity contribution >= 4 is 28.4 Å². The quantitative estimate of drug-likeness (QED) is 0.711. The van der Waals surface area contributed by atoms with Gasteiger partial charge in [0, 0.05) is 36.6 Å². The van der Waals surface area contributed by atoms with E-state index in [2.05, 4.69) is 10.3 Å². The summed E-state index contributed by atoms with van der Waals surface area (Å²) in [6, 6.07) is 11.3. The zero-order valence-corrected chi connectivity index (χ0v) is 15.0. The molecule has 2 amide bonds. The maximum absolute atomic E-state index is 14.0. The summed E-state index contributed by atoms with van der Waals surface area (Å²) in [7, 11) is 0. The SMILES string of the molecule is O=C(NCCc1c[nH]c2ccccc12)C1CC(=O)N(c2c(F)cccc2F)C1. The van der Waals surface area contributed by atoms with Crippen LogP contribution in [0, 0.1) is 17.6 Å². The molecule has 1 atom stereocenters. The maximum Gasteiger partial charge on any atom is 0.228 e. The Balaban J connectivity index is 1.37. The van der Waals surface area contributed by atoms with Crippen molar-refractivity contribution in [3.63, 3.8) is 0 Å². The third-order valence-corrected chi connectivity index (χ3v) is 5.07. The second kappa shape index (κ2) is 7.42. The summed E-state index contributed by atoms with van der Waals surface area (Å²) in [6.45, 7) is 0.384. The number of hydrogen-bond acceptors (Lipinski definition) is 2. The average molecular weight is 383 g/mol.